The van der Waals surface area contributed by atoms with E-state index in [1.54, 1.807) is 43.6 Å². The lowest BCUT2D eigenvalue weighted by molar-refractivity contribution is -0.139. The number of para-hydroxylation sites is 2. The number of fused-ring (bicyclic) bond motifs is 1. The molecule has 4 aromatic carbocycles. The zero-order valence-corrected chi connectivity index (χ0v) is 23.7. The molecular weight excluding hydrogens is 556 g/mol. The van der Waals surface area contributed by atoms with E-state index in [4.69, 9.17) is 9.73 Å². The number of aliphatic carboxylic acids is 1. The minimum absolute atomic E-state index is 0.115. The first-order valence-electron chi connectivity index (χ1n) is 13.9. The fourth-order valence-electron chi connectivity index (χ4n) is 5.19. The molecule has 0 spiro atoms. The van der Waals surface area contributed by atoms with Crippen LogP contribution in [0, 0.1) is 0 Å². The van der Waals surface area contributed by atoms with Crippen LogP contribution in [0.25, 0.3) is 17.0 Å². The van der Waals surface area contributed by atoms with Crippen LogP contribution in [0.3, 0.4) is 0 Å². The predicted octanol–water partition coefficient (Wildman–Crippen LogP) is 5.44. The summed E-state index contributed by atoms with van der Waals surface area (Å²) in [5, 5.41) is 13.4. The maximum atomic E-state index is 13.7. The number of hydrogen-bond donors (Lipinski definition) is 3. The van der Waals surface area contributed by atoms with Crippen LogP contribution in [-0.4, -0.2) is 46.9 Å². The second kappa shape index (κ2) is 12.1. The highest BCUT2D eigenvalue weighted by Crippen LogP contribution is 2.30. The predicted molar refractivity (Wildman–Crippen MR) is 169 cm³/mol. The van der Waals surface area contributed by atoms with Crippen LogP contribution in [-0.2, 0) is 16.0 Å². The van der Waals surface area contributed by atoms with Gasteiger partial charge in [0.05, 0.1) is 12.8 Å². The molecule has 3 N–H and O–H groups in total. The molecule has 0 saturated heterocycles. The van der Waals surface area contributed by atoms with Gasteiger partial charge in [-0.3, -0.25) is 14.5 Å². The second-order valence-corrected chi connectivity index (χ2v) is 10.2. The number of carboxylic acid groups (broad SMARTS) is 1. The Hall–Kier alpha value is -5.96. The van der Waals surface area contributed by atoms with E-state index >= 15 is 0 Å². The first-order chi connectivity index (χ1) is 21.4. The number of methoxy groups -OCH3 is 1. The molecule has 6 rings (SSSR count). The summed E-state index contributed by atoms with van der Waals surface area (Å²) < 4.78 is 5.45. The van der Waals surface area contributed by atoms with Gasteiger partial charge >= 0.3 is 5.97 Å². The van der Waals surface area contributed by atoms with Crippen molar-refractivity contribution in [1.29, 1.82) is 0 Å². The molecule has 0 radical (unpaired) electrons. The third kappa shape index (κ3) is 5.58. The molecule has 0 bridgehead atoms. The van der Waals surface area contributed by atoms with Gasteiger partial charge < -0.3 is 20.1 Å². The molecule has 0 fully saturated rings. The molecule has 44 heavy (non-hydrogen) atoms. The number of carbonyl (C=O) groups is 3. The number of rotatable bonds is 9. The fraction of sp³-hybridized carbons (Fsp3) is 0.0857. The normalized spacial score (nSPS) is 14.5. The van der Waals surface area contributed by atoms with E-state index in [2.05, 4.69) is 10.3 Å². The van der Waals surface area contributed by atoms with E-state index < -0.39 is 17.9 Å². The Bertz CT molecular complexity index is 1930. The Morgan fingerprint density at radius 3 is 2.41 bits per heavy atom. The molecule has 1 atom stereocenters. The quantitative estimate of drug-likeness (QED) is 0.199. The van der Waals surface area contributed by atoms with Gasteiger partial charge in [-0.25, -0.2) is 9.79 Å². The van der Waals surface area contributed by atoms with Crippen molar-refractivity contribution in [3.63, 3.8) is 0 Å². The molecule has 5 aromatic rings. The fourth-order valence-corrected chi connectivity index (χ4v) is 5.19. The molecule has 0 aliphatic carbocycles. The molecular formula is C35H28N4O5. The largest absolute Gasteiger partial charge is 0.496 e. The summed E-state index contributed by atoms with van der Waals surface area (Å²) in [5.74, 6) is -0.955. The van der Waals surface area contributed by atoms with Crippen LogP contribution < -0.4 is 15.0 Å². The maximum absolute atomic E-state index is 13.7. The van der Waals surface area contributed by atoms with Crippen LogP contribution in [0.5, 0.6) is 5.75 Å². The lowest BCUT2D eigenvalue weighted by Gasteiger charge is -2.19. The van der Waals surface area contributed by atoms with E-state index in [9.17, 15) is 19.5 Å². The van der Waals surface area contributed by atoms with Crippen molar-refractivity contribution >= 4 is 46.3 Å². The van der Waals surface area contributed by atoms with Crippen molar-refractivity contribution in [3.8, 4) is 5.75 Å². The summed E-state index contributed by atoms with van der Waals surface area (Å²) in [7, 11) is 1.57. The highest BCUT2D eigenvalue weighted by molar-refractivity contribution is 6.33. The van der Waals surface area contributed by atoms with Crippen molar-refractivity contribution in [1.82, 2.24) is 10.3 Å². The number of H-pyrrole nitrogens is 1. The summed E-state index contributed by atoms with van der Waals surface area (Å²) in [6.07, 6.45) is 3.56. The van der Waals surface area contributed by atoms with Gasteiger partial charge in [-0.2, -0.15) is 0 Å². The van der Waals surface area contributed by atoms with E-state index in [0.29, 0.717) is 22.8 Å². The van der Waals surface area contributed by atoms with E-state index in [1.165, 1.54) is 4.90 Å². The van der Waals surface area contributed by atoms with E-state index in [-0.39, 0.29) is 23.6 Å². The van der Waals surface area contributed by atoms with Gasteiger partial charge in [0.2, 0.25) is 0 Å². The van der Waals surface area contributed by atoms with Crippen molar-refractivity contribution in [3.05, 3.63) is 137 Å². The average Bonchev–Trinajstić information content (AvgIpc) is 3.61. The molecule has 9 nitrogen and oxygen atoms in total. The smallest absolute Gasteiger partial charge is 0.326 e. The number of aromatic amines is 1. The molecule has 218 valence electrons. The molecule has 9 heteroatoms. The van der Waals surface area contributed by atoms with Crippen molar-refractivity contribution in [2.24, 2.45) is 4.99 Å². The molecule has 2 amide bonds. The standard InChI is InChI=1S/C35H28N4O5/c1-44-31-14-8-5-11-24(31)19-29-34(41)39(32(37-29)22-9-3-2-4-10-22)26-17-15-23(16-18-26)33(40)38-30(35(42)43)20-25-21-36-28-13-7-6-12-27(25)28/h2-19,21,30,36H,20H2,1H3,(H,38,40)(H,42,43)/b29-19-/t30-/m1/s1. The molecule has 0 unspecified atom stereocenters. The number of carbonyl (C=O) groups excluding carboxylic acids is 2. The maximum Gasteiger partial charge on any atom is 0.326 e. The third-order valence-corrected chi connectivity index (χ3v) is 7.41. The molecule has 2 heterocycles. The van der Waals surface area contributed by atoms with Gasteiger partial charge in [0.15, 0.2) is 0 Å². The number of nitrogens with zero attached hydrogens (tertiary/aromatic N) is 2. The van der Waals surface area contributed by atoms with Gasteiger partial charge in [-0.1, -0.05) is 66.7 Å². The minimum atomic E-state index is -1.14. The van der Waals surface area contributed by atoms with Gasteiger partial charge in [-0.15, -0.1) is 0 Å². The zero-order valence-electron chi connectivity index (χ0n) is 23.7. The van der Waals surface area contributed by atoms with Crippen LogP contribution in [0.2, 0.25) is 0 Å². The summed E-state index contributed by atoms with van der Waals surface area (Å²) in [6.45, 7) is 0. The second-order valence-electron chi connectivity index (χ2n) is 10.2. The minimum Gasteiger partial charge on any atom is -0.496 e. The Morgan fingerprint density at radius 1 is 0.955 bits per heavy atom. The molecule has 1 aliphatic rings. The van der Waals surface area contributed by atoms with Crippen LogP contribution >= 0.6 is 0 Å². The summed E-state index contributed by atoms with van der Waals surface area (Å²) in [4.78, 5) is 48.3. The first kappa shape index (κ1) is 28.2. The highest BCUT2D eigenvalue weighted by atomic mass is 16.5. The molecule has 1 aliphatic heterocycles. The summed E-state index contributed by atoms with van der Waals surface area (Å²) >= 11 is 0. The van der Waals surface area contributed by atoms with Gasteiger partial charge in [0.25, 0.3) is 11.8 Å². The monoisotopic (exact) mass is 584 g/mol. The first-order valence-corrected chi connectivity index (χ1v) is 13.9. The number of carboxylic acids is 1. The molecule has 0 saturated carbocycles. The van der Waals surface area contributed by atoms with Crippen LogP contribution in [0.1, 0.15) is 27.0 Å². The third-order valence-electron chi connectivity index (χ3n) is 7.41. The average molecular weight is 585 g/mol. The Labute approximate surface area is 253 Å². The van der Waals surface area contributed by atoms with Gasteiger partial charge in [-0.05, 0) is 48.0 Å². The lowest BCUT2D eigenvalue weighted by Crippen LogP contribution is -2.42. The van der Waals surface area contributed by atoms with Crippen molar-refractivity contribution in [2.45, 2.75) is 12.5 Å². The highest BCUT2D eigenvalue weighted by Gasteiger charge is 2.33. The number of amidine groups is 1. The number of hydrogen-bond acceptors (Lipinski definition) is 5. The van der Waals surface area contributed by atoms with Crippen molar-refractivity contribution < 1.29 is 24.2 Å². The number of nitrogens with one attached hydrogen (secondary N) is 2. The zero-order chi connectivity index (χ0) is 30.6. The van der Waals surface area contributed by atoms with Crippen LogP contribution in [0.15, 0.2) is 120 Å². The number of benzene rings is 4. The number of aromatic nitrogens is 1. The van der Waals surface area contributed by atoms with E-state index in [1.807, 2.05) is 78.9 Å². The van der Waals surface area contributed by atoms with Gasteiger partial charge in [0, 0.05) is 40.2 Å². The number of anilines is 1. The van der Waals surface area contributed by atoms with Crippen LogP contribution in [0.4, 0.5) is 5.69 Å². The Balaban J connectivity index is 1.25. The topological polar surface area (TPSA) is 124 Å². The summed E-state index contributed by atoms with van der Waals surface area (Å²) in [5.41, 5.74) is 4.14. The Morgan fingerprint density at radius 2 is 1.66 bits per heavy atom. The SMILES string of the molecule is COc1ccccc1/C=C1\N=C(c2ccccc2)N(c2ccc(C(=O)N[C@H](Cc3c[nH]c4ccccc34)C(=O)O)cc2)C1=O. The van der Waals surface area contributed by atoms with E-state index in [0.717, 1.165) is 22.0 Å². The van der Waals surface area contributed by atoms with Gasteiger partial charge in [0.1, 0.15) is 23.3 Å². The lowest BCUT2D eigenvalue weighted by atomic mass is 10.0. The van der Waals surface area contributed by atoms with Crippen molar-refractivity contribution in [2.75, 3.05) is 12.0 Å². The number of ether oxygens (including phenoxy) is 1. The molecule has 1 aromatic heterocycles. The number of aliphatic imine (C=N–C) groups is 1. The number of amides is 2. The Kier molecular flexibility index (Phi) is 7.75. The summed E-state index contributed by atoms with van der Waals surface area (Å²) in [6, 6.07) is 29.6.